The molecule has 0 spiro atoms. The van der Waals surface area contributed by atoms with E-state index in [2.05, 4.69) is 95.1 Å². The maximum atomic E-state index is 4.31. The van der Waals surface area contributed by atoms with Crippen molar-refractivity contribution in [1.29, 1.82) is 0 Å². The highest BCUT2D eigenvalue weighted by molar-refractivity contribution is 5.70. The second kappa shape index (κ2) is 8.38. The second-order valence-electron chi connectivity index (χ2n) is 8.18. The van der Waals surface area contributed by atoms with Gasteiger partial charge in [-0.05, 0) is 54.7 Å². The van der Waals surface area contributed by atoms with Gasteiger partial charge in [-0.2, -0.15) is 0 Å². The van der Waals surface area contributed by atoms with Gasteiger partial charge in [0, 0.05) is 17.0 Å². The molecule has 1 unspecified atom stereocenters. The van der Waals surface area contributed by atoms with Crippen LogP contribution in [0.2, 0.25) is 0 Å². The van der Waals surface area contributed by atoms with Gasteiger partial charge in [0.05, 0.1) is 0 Å². The van der Waals surface area contributed by atoms with Crippen LogP contribution in [0.4, 0.5) is 0 Å². The van der Waals surface area contributed by atoms with Gasteiger partial charge in [0.2, 0.25) is 0 Å². The molecule has 134 valence electrons. The van der Waals surface area contributed by atoms with Crippen LogP contribution in [0.15, 0.2) is 66.4 Å². The van der Waals surface area contributed by atoms with Gasteiger partial charge in [-0.15, -0.1) is 0 Å². The van der Waals surface area contributed by atoms with Crippen molar-refractivity contribution in [2.75, 3.05) is 0 Å². The largest absolute Gasteiger partial charge is 0.359 e. The third kappa shape index (κ3) is 5.77. The Morgan fingerprint density at radius 2 is 1.96 bits per heavy atom. The van der Waals surface area contributed by atoms with E-state index in [-0.39, 0.29) is 5.41 Å². The molecule has 0 amide bonds. The Labute approximate surface area is 154 Å². The summed E-state index contributed by atoms with van der Waals surface area (Å²) < 4.78 is 0. The van der Waals surface area contributed by atoms with Gasteiger partial charge in [-0.1, -0.05) is 76.8 Å². The van der Waals surface area contributed by atoms with Crippen molar-refractivity contribution in [2.45, 2.75) is 53.9 Å². The zero-order chi connectivity index (χ0) is 18.4. The van der Waals surface area contributed by atoms with E-state index in [4.69, 9.17) is 0 Å². The van der Waals surface area contributed by atoms with Crippen LogP contribution in [0.3, 0.4) is 0 Å². The fraction of sp³-hybridized carbons (Fsp3) is 0.417. The molecule has 1 aliphatic rings. The Bertz CT molecular complexity index is 695. The first-order valence-corrected chi connectivity index (χ1v) is 9.37. The van der Waals surface area contributed by atoms with Gasteiger partial charge in [0.15, 0.2) is 0 Å². The first-order chi connectivity index (χ1) is 11.8. The maximum absolute atomic E-state index is 4.31. The van der Waals surface area contributed by atoms with Gasteiger partial charge in [-0.3, -0.25) is 0 Å². The van der Waals surface area contributed by atoms with Crippen molar-refractivity contribution in [3.63, 3.8) is 0 Å². The molecule has 0 aromatic heterocycles. The van der Waals surface area contributed by atoms with Crippen molar-refractivity contribution in [2.24, 2.45) is 11.3 Å². The summed E-state index contributed by atoms with van der Waals surface area (Å²) in [6, 6.07) is 8.56. The van der Waals surface area contributed by atoms with Crippen LogP contribution in [0.5, 0.6) is 0 Å². The molecule has 0 fully saturated rings. The molecule has 0 bridgehead atoms. The molecule has 1 atom stereocenters. The molecule has 0 heterocycles. The lowest BCUT2D eigenvalue weighted by Crippen LogP contribution is -2.16. The van der Waals surface area contributed by atoms with E-state index in [0.717, 1.165) is 24.1 Å². The van der Waals surface area contributed by atoms with Crippen molar-refractivity contribution >= 4 is 5.70 Å². The number of aryl methyl sites for hydroxylation is 1. The van der Waals surface area contributed by atoms with Crippen molar-refractivity contribution in [1.82, 2.24) is 5.32 Å². The number of allylic oxidation sites excluding steroid dienone is 6. The molecule has 1 heteroatoms. The Hall–Kier alpha value is -2.02. The van der Waals surface area contributed by atoms with Crippen LogP contribution < -0.4 is 5.32 Å². The minimum absolute atomic E-state index is 0.0577. The van der Waals surface area contributed by atoms with E-state index in [1.165, 1.54) is 23.2 Å². The monoisotopic (exact) mass is 335 g/mol. The summed E-state index contributed by atoms with van der Waals surface area (Å²) in [6.07, 6.45) is 12.4. The number of rotatable bonds is 4. The lowest BCUT2D eigenvalue weighted by molar-refractivity contribution is 0.519. The quantitative estimate of drug-likeness (QED) is 0.472. The Morgan fingerprint density at radius 3 is 2.64 bits per heavy atom. The van der Waals surface area contributed by atoms with Crippen molar-refractivity contribution in [3.8, 4) is 0 Å². The molecule has 0 radical (unpaired) electrons. The minimum atomic E-state index is 0.0577. The fourth-order valence-electron chi connectivity index (χ4n) is 2.84. The second-order valence-corrected chi connectivity index (χ2v) is 8.18. The molecule has 0 saturated carbocycles. The standard InChI is InChI=1S/C24H33N/c1-18-11-7-9-13-21(16-15-18)25-23(17-20(3)24(4,5)6)22-14-10-8-12-19(22)2/h7-8,10-14,17-18,25H,3,9,15-16H2,1-2,4-6H3/b11-7?,21-13+,23-17+. The first-order valence-electron chi connectivity index (χ1n) is 9.37. The minimum Gasteiger partial charge on any atom is -0.359 e. The number of nitrogens with one attached hydrogen (secondary N) is 1. The highest BCUT2D eigenvalue weighted by Gasteiger charge is 2.16. The normalized spacial score (nSPS) is 21.1. The van der Waals surface area contributed by atoms with E-state index < -0.39 is 0 Å². The summed E-state index contributed by atoms with van der Waals surface area (Å²) in [5.41, 5.74) is 6.19. The molecule has 0 saturated heterocycles. The van der Waals surface area contributed by atoms with E-state index in [1.807, 2.05) is 0 Å². The van der Waals surface area contributed by atoms with E-state index in [0.29, 0.717) is 5.92 Å². The molecule has 2 rings (SSSR count). The smallest absolute Gasteiger partial charge is 0.0460 e. The molecule has 0 aliphatic heterocycles. The molecular weight excluding hydrogens is 302 g/mol. The lowest BCUT2D eigenvalue weighted by atomic mass is 9.86. The van der Waals surface area contributed by atoms with E-state index >= 15 is 0 Å². The van der Waals surface area contributed by atoms with Crippen LogP contribution >= 0.6 is 0 Å². The van der Waals surface area contributed by atoms with Gasteiger partial charge in [0.1, 0.15) is 0 Å². The van der Waals surface area contributed by atoms with Crippen LogP contribution in [-0.2, 0) is 0 Å². The number of benzene rings is 1. The van der Waals surface area contributed by atoms with E-state index in [1.54, 1.807) is 0 Å². The summed E-state index contributed by atoms with van der Waals surface area (Å²) in [5.74, 6) is 0.640. The summed E-state index contributed by atoms with van der Waals surface area (Å²) in [4.78, 5) is 0. The van der Waals surface area contributed by atoms with Gasteiger partial charge in [-0.25, -0.2) is 0 Å². The van der Waals surface area contributed by atoms with Crippen LogP contribution in [0, 0.1) is 18.3 Å². The molecule has 1 aliphatic carbocycles. The molecule has 25 heavy (non-hydrogen) atoms. The predicted molar refractivity (Wildman–Crippen MR) is 111 cm³/mol. The van der Waals surface area contributed by atoms with Crippen molar-refractivity contribution < 1.29 is 0 Å². The van der Waals surface area contributed by atoms with Crippen LogP contribution in [0.25, 0.3) is 5.70 Å². The highest BCUT2D eigenvalue weighted by Crippen LogP contribution is 2.29. The van der Waals surface area contributed by atoms with Crippen LogP contribution in [-0.4, -0.2) is 0 Å². The van der Waals surface area contributed by atoms with Gasteiger partial charge >= 0.3 is 0 Å². The zero-order valence-corrected chi connectivity index (χ0v) is 16.5. The van der Waals surface area contributed by atoms with E-state index in [9.17, 15) is 0 Å². The maximum Gasteiger partial charge on any atom is 0.0460 e. The average Bonchev–Trinajstić information content (AvgIpc) is 2.53. The summed E-state index contributed by atoms with van der Waals surface area (Å²) >= 11 is 0. The molecular formula is C24H33N. The molecule has 1 aromatic carbocycles. The van der Waals surface area contributed by atoms with Gasteiger partial charge in [0.25, 0.3) is 0 Å². The Kier molecular flexibility index (Phi) is 6.47. The Balaban J connectivity index is 2.35. The van der Waals surface area contributed by atoms with Crippen molar-refractivity contribution in [3.05, 3.63) is 77.5 Å². The third-order valence-electron chi connectivity index (χ3n) is 4.85. The Morgan fingerprint density at radius 1 is 1.24 bits per heavy atom. The number of hydrogen-bond acceptors (Lipinski definition) is 1. The molecule has 1 nitrogen and oxygen atoms in total. The third-order valence-corrected chi connectivity index (χ3v) is 4.85. The van der Waals surface area contributed by atoms with Crippen LogP contribution in [0.1, 0.15) is 58.1 Å². The topological polar surface area (TPSA) is 12.0 Å². The summed E-state index contributed by atoms with van der Waals surface area (Å²) in [7, 11) is 0. The number of hydrogen-bond donors (Lipinski definition) is 1. The highest BCUT2D eigenvalue weighted by atomic mass is 14.9. The SMILES string of the molecule is C=C(/C=C(/N/C1=C/CC=CC(C)CC1)c1ccccc1C)C(C)(C)C. The zero-order valence-electron chi connectivity index (χ0n) is 16.5. The molecule has 1 N–H and O–H groups in total. The van der Waals surface area contributed by atoms with Gasteiger partial charge < -0.3 is 5.32 Å². The fourth-order valence-corrected chi connectivity index (χ4v) is 2.84. The lowest BCUT2D eigenvalue weighted by Gasteiger charge is -2.23. The average molecular weight is 336 g/mol. The predicted octanol–water partition coefficient (Wildman–Crippen LogP) is 6.79. The summed E-state index contributed by atoms with van der Waals surface area (Å²) in [5, 5.41) is 3.73. The molecule has 1 aromatic rings. The summed E-state index contributed by atoms with van der Waals surface area (Å²) in [6.45, 7) is 15.4. The first kappa shape index (κ1) is 19.3.